The fraction of sp³-hybridized carbons (Fsp3) is 0.440. The molecule has 0 radical (unpaired) electrons. The van der Waals surface area contributed by atoms with Crippen LogP contribution in [0.3, 0.4) is 0 Å². The van der Waals surface area contributed by atoms with Crippen LogP contribution in [0.25, 0.3) is 11.4 Å². The summed E-state index contributed by atoms with van der Waals surface area (Å²) in [6.07, 6.45) is 2.16. The molecule has 1 spiro atoms. The van der Waals surface area contributed by atoms with Crippen LogP contribution in [0.4, 0.5) is 0 Å². The van der Waals surface area contributed by atoms with Gasteiger partial charge in [-0.1, -0.05) is 12.1 Å². The van der Waals surface area contributed by atoms with Crippen LogP contribution in [0.5, 0.6) is 11.5 Å². The molecular formula is C25H31N5O2. The Balaban J connectivity index is 1.39. The van der Waals surface area contributed by atoms with E-state index < -0.39 is 0 Å². The third kappa shape index (κ3) is 3.87. The van der Waals surface area contributed by atoms with Crippen LogP contribution in [0.15, 0.2) is 48.5 Å². The summed E-state index contributed by atoms with van der Waals surface area (Å²) in [5.41, 5.74) is 2.41. The van der Waals surface area contributed by atoms with Gasteiger partial charge in [-0.25, -0.2) is 0 Å². The van der Waals surface area contributed by atoms with Gasteiger partial charge in [0.1, 0.15) is 17.3 Å². The third-order valence-corrected chi connectivity index (χ3v) is 6.86. The van der Waals surface area contributed by atoms with Crippen LogP contribution in [0.2, 0.25) is 0 Å². The normalized spacial score (nSPS) is 18.5. The highest BCUT2D eigenvalue weighted by Gasteiger charge is 2.43. The van der Waals surface area contributed by atoms with Crippen molar-refractivity contribution in [2.75, 3.05) is 40.9 Å². The van der Waals surface area contributed by atoms with E-state index in [-0.39, 0.29) is 5.54 Å². The molecule has 2 aliphatic rings. The zero-order valence-electron chi connectivity index (χ0n) is 19.1. The van der Waals surface area contributed by atoms with Gasteiger partial charge in [0.15, 0.2) is 5.82 Å². The minimum atomic E-state index is 0.0198. The molecule has 0 unspecified atom stereocenters. The standard InChI is InChI=1S/C25H31N5O2/c1-28-17-23-26-27-24(20-7-9-21(31-2)10-8-20)30(23)25(18-28)11-13-29(14-12-25)16-19-5-4-6-22(15-19)32-3/h4-10,15H,11-14,16-18H2,1-3H3. The van der Waals surface area contributed by atoms with E-state index in [1.165, 1.54) is 5.56 Å². The number of aromatic nitrogens is 3. The van der Waals surface area contributed by atoms with Crippen LogP contribution >= 0.6 is 0 Å². The quantitative estimate of drug-likeness (QED) is 0.615. The van der Waals surface area contributed by atoms with E-state index in [0.29, 0.717) is 0 Å². The number of ether oxygens (including phenoxy) is 2. The summed E-state index contributed by atoms with van der Waals surface area (Å²) in [4.78, 5) is 4.94. The lowest BCUT2D eigenvalue weighted by atomic mass is 9.84. The molecule has 2 aliphatic heterocycles. The Morgan fingerprint density at radius 3 is 2.41 bits per heavy atom. The molecule has 7 nitrogen and oxygen atoms in total. The highest BCUT2D eigenvalue weighted by atomic mass is 16.5. The number of benzene rings is 2. The smallest absolute Gasteiger partial charge is 0.164 e. The van der Waals surface area contributed by atoms with Gasteiger partial charge in [-0.2, -0.15) is 0 Å². The molecule has 0 amide bonds. The minimum absolute atomic E-state index is 0.0198. The number of piperidine rings is 1. The number of likely N-dealkylation sites (tertiary alicyclic amines) is 1. The maximum absolute atomic E-state index is 5.40. The first-order valence-corrected chi connectivity index (χ1v) is 11.2. The molecule has 0 saturated carbocycles. The number of hydrogen-bond donors (Lipinski definition) is 0. The molecule has 7 heteroatoms. The van der Waals surface area contributed by atoms with E-state index in [2.05, 4.69) is 61.9 Å². The number of nitrogens with zero attached hydrogens (tertiary/aromatic N) is 5. The molecular weight excluding hydrogens is 402 g/mol. The molecule has 0 aliphatic carbocycles. The van der Waals surface area contributed by atoms with Crippen LogP contribution in [-0.4, -0.2) is 65.5 Å². The predicted octanol–water partition coefficient (Wildman–Crippen LogP) is 3.40. The van der Waals surface area contributed by atoms with Gasteiger partial charge in [-0.15, -0.1) is 10.2 Å². The van der Waals surface area contributed by atoms with Gasteiger partial charge in [-0.05, 0) is 61.9 Å². The van der Waals surface area contributed by atoms with Crippen molar-refractivity contribution in [1.82, 2.24) is 24.6 Å². The van der Waals surface area contributed by atoms with E-state index in [4.69, 9.17) is 9.47 Å². The molecule has 1 fully saturated rings. The minimum Gasteiger partial charge on any atom is -0.497 e. The van der Waals surface area contributed by atoms with E-state index in [1.807, 2.05) is 18.2 Å². The molecule has 168 valence electrons. The summed E-state index contributed by atoms with van der Waals surface area (Å²) >= 11 is 0. The van der Waals surface area contributed by atoms with Crippen molar-refractivity contribution in [3.05, 3.63) is 59.9 Å². The summed E-state index contributed by atoms with van der Waals surface area (Å²) < 4.78 is 13.2. The van der Waals surface area contributed by atoms with Crippen molar-refractivity contribution in [3.63, 3.8) is 0 Å². The maximum atomic E-state index is 5.40. The molecule has 3 heterocycles. The first kappa shape index (κ1) is 21.0. The Hall–Kier alpha value is -2.90. The van der Waals surface area contributed by atoms with E-state index in [9.17, 15) is 0 Å². The van der Waals surface area contributed by atoms with Crippen molar-refractivity contribution in [3.8, 4) is 22.9 Å². The summed E-state index contributed by atoms with van der Waals surface area (Å²) in [7, 11) is 5.61. The second-order valence-corrected chi connectivity index (χ2v) is 9.03. The number of likely N-dealkylation sites (N-methyl/N-ethyl adjacent to an activating group) is 1. The van der Waals surface area contributed by atoms with E-state index in [1.54, 1.807) is 14.2 Å². The molecule has 0 atom stereocenters. The second kappa shape index (κ2) is 8.56. The van der Waals surface area contributed by atoms with Crippen molar-refractivity contribution in [2.45, 2.75) is 31.5 Å². The first-order chi connectivity index (χ1) is 15.6. The lowest BCUT2D eigenvalue weighted by Gasteiger charge is -2.48. The van der Waals surface area contributed by atoms with Gasteiger partial charge >= 0.3 is 0 Å². The summed E-state index contributed by atoms with van der Waals surface area (Å²) in [6.45, 7) is 4.89. The molecule has 32 heavy (non-hydrogen) atoms. The average Bonchev–Trinajstić information content (AvgIpc) is 3.25. The van der Waals surface area contributed by atoms with Crippen LogP contribution in [0.1, 0.15) is 24.2 Å². The fourth-order valence-electron chi connectivity index (χ4n) is 5.25. The van der Waals surface area contributed by atoms with Crippen LogP contribution < -0.4 is 9.47 Å². The maximum Gasteiger partial charge on any atom is 0.164 e. The molecule has 5 rings (SSSR count). The lowest BCUT2D eigenvalue weighted by Crippen LogP contribution is -2.55. The van der Waals surface area contributed by atoms with E-state index in [0.717, 1.165) is 74.3 Å². The van der Waals surface area contributed by atoms with Gasteiger partial charge in [0, 0.05) is 31.7 Å². The van der Waals surface area contributed by atoms with Crippen molar-refractivity contribution in [1.29, 1.82) is 0 Å². The zero-order chi connectivity index (χ0) is 22.1. The first-order valence-electron chi connectivity index (χ1n) is 11.2. The van der Waals surface area contributed by atoms with Crippen LogP contribution in [-0.2, 0) is 18.6 Å². The Kier molecular flexibility index (Phi) is 5.61. The van der Waals surface area contributed by atoms with E-state index >= 15 is 0 Å². The van der Waals surface area contributed by atoms with Crippen molar-refractivity contribution in [2.24, 2.45) is 0 Å². The monoisotopic (exact) mass is 433 g/mol. The molecule has 1 saturated heterocycles. The van der Waals surface area contributed by atoms with Crippen molar-refractivity contribution < 1.29 is 9.47 Å². The third-order valence-electron chi connectivity index (χ3n) is 6.86. The Morgan fingerprint density at radius 1 is 0.938 bits per heavy atom. The summed E-state index contributed by atoms with van der Waals surface area (Å²) in [6, 6.07) is 16.5. The second-order valence-electron chi connectivity index (χ2n) is 9.03. The van der Waals surface area contributed by atoms with Gasteiger partial charge in [0.25, 0.3) is 0 Å². The molecule has 0 bridgehead atoms. The zero-order valence-corrected chi connectivity index (χ0v) is 19.1. The molecule has 3 aromatic rings. The summed E-state index contributed by atoms with van der Waals surface area (Å²) in [5.74, 6) is 3.80. The van der Waals surface area contributed by atoms with Gasteiger partial charge < -0.3 is 14.0 Å². The highest BCUT2D eigenvalue weighted by molar-refractivity contribution is 5.57. The van der Waals surface area contributed by atoms with Gasteiger partial charge in [-0.3, -0.25) is 9.80 Å². The Morgan fingerprint density at radius 2 is 1.69 bits per heavy atom. The topological polar surface area (TPSA) is 55.7 Å². The Labute approximate surface area is 189 Å². The number of hydrogen-bond acceptors (Lipinski definition) is 6. The number of fused-ring (bicyclic) bond motifs is 2. The molecule has 2 aromatic carbocycles. The Bertz CT molecular complexity index is 1070. The largest absolute Gasteiger partial charge is 0.497 e. The number of rotatable bonds is 5. The number of methoxy groups -OCH3 is 2. The van der Waals surface area contributed by atoms with Gasteiger partial charge in [0.05, 0.1) is 26.3 Å². The SMILES string of the molecule is COc1ccc(-c2nnc3n2C2(CCN(Cc4cccc(OC)c4)CC2)CN(C)C3)cc1. The van der Waals surface area contributed by atoms with Gasteiger partial charge in [0.2, 0.25) is 0 Å². The highest BCUT2D eigenvalue weighted by Crippen LogP contribution is 2.39. The molecule has 1 aromatic heterocycles. The lowest BCUT2D eigenvalue weighted by molar-refractivity contribution is 0.0490. The fourth-order valence-corrected chi connectivity index (χ4v) is 5.25. The summed E-state index contributed by atoms with van der Waals surface area (Å²) in [5, 5.41) is 9.23. The predicted molar refractivity (Wildman–Crippen MR) is 124 cm³/mol. The average molecular weight is 434 g/mol. The van der Waals surface area contributed by atoms with Crippen molar-refractivity contribution >= 4 is 0 Å². The van der Waals surface area contributed by atoms with Crippen LogP contribution in [0, 0.1) is 0 Å². The molecule has 0 N–H and O–H groups in total.